The zero-order valence-electron chi connectivity index (χ0n) is 18.2. The number of anilines is 1. The molecular weight excluding hydrogens is 384 g/mol. The highest BCUT2D eigenvalue weighted by atomic mass is 32.2. The second kappa shape index (κ2) is 12.0. The number of hydrogen-bond acceptors (Lipinski definition) is 4. The zero-order valence-corrected chi connectivity index (χ0v) is 19.0. The van der Waals surface area contributed by atoms with Gasteiger partial charge in [0, 0.05) is 5.56 Å². The van der Waals surface area contributed by atoms with Crippen LogP contribution in [0.2, 0.25) is 0 Å². The van der Waals surface area contributed by atoms with E-state index in [1.807, 2.05) is 12.1 Å². The van der Waals surface area contributed by atoms with Gasteiger partial charge in [0.15, 0.2) is 0 Å². The molecule has 0 fully saturated rings. The van der Waals surface area contributed by atoms with E-state index in [0.717, 1.165) is 24.8 Å². The van der Waals surface area contributed by atoms with Crippen LogP contribution in [-0.4, -0.2) is 13.6 Å². The molecule has 0 aliphatic rings. The van der Waals surface area contributed by atoms with Crippen LogP contribution in [0.4, 0.5) is 5.88 Å². The lowest BCUT2D eigenvalue weighted by Gasteiger charge is -2.11. The summed E-state index contributed by atoms with van der Waals surface area (Å²) in [5.74, 6) is 0.191. The van der Waals surface area contributed by atoms with Gasteiger partial charge in [-0.2, -0.15) is 0 Å². The Balaban J connectivity index is 1.82. The van der Waals surface area contributed by atoms with Crippen molar-refractivity contribution in [1.29, 1.82) is 0 Å². The summed E-state index contributed by atoms with van der Waals surface area (Å²) in [5, 5.41) is 3.82. The minimum absolute atomic E-state index is 0.191. The number of sulfonamides is 1. The maximum Gasteiger partial charge on any atom is 0.264 e. The number of aromatic nitrogens is 1. The van der Waals surface area contributed by atoms with Gasteiger partial charge in [0.05, 0.1) is 10.6 Å². The number of hydrogen-bond donors (Lipinski definition) is 1. The first kappa shape index (κ1) is 23.5. The van der Waals surface area contributed by atoms with Crippen LogP contribution >= 0.6 is 0 Å². The lowest BCUT2D eigenvalue weighted by molar-refractivity contribution is 0.430. The number of unbranched alkanes of at least 4 members (excludes halogenated alkanes) is 9. The van der Waals surface area contributed by atoms with E-state index in [2.05, 4.69) is 16.8 Å². The Morgan fingerprint density at radius 1 is 0.897 bits per heavy atom. The highest BCUT2D eigenvalue weighted by Gasteiger charge is 2.21. The van der Waals surface area contributed by atoms with Gasteiger partial charge in [0.25, 0.3) is 10.0 Å². The largest absolute Gasteiger partial charge is 0.337 e. The molecule has 1 N–H and O–H groups in total. The molecule has 2 rings (SSSR count). The first-order chi connectivity index (χ1) is 14.0. The number of nitrogens with one attached hydrogen (secondary N) is 1. The maximum atomic E-state index is 12.9. The minimum Gasteiger partial charge on any atom is -0.337 e. The SMILES string of the molecule is CCCCCCCCCCCCc1ccccc1S(=O)(=O)Nc1onc(C)c1C. The Morgan fingerprint density at radius 3 is 2.07 bits per heavy atom. The summed E-state index contributed by atoms with van der Waals surface area (Å²) in [6, 6.07) is 7.22. The van der Waals surface area contributed by atoms with Crippen molar-refractivity contribution < 1.29 is 12.9 Å². The molecule has 1 heterocycles. The van der Waals surface area contributed by atoms with Gasteiger partial charge in [-0.3, -0.25) is 0 Å². The third kappa shape index (κ3) is 7.50. The molecule has 0 bridgehead atoms. The molecule has 2 aromatic rings. The van der Waals surface area contributed by atoms with Crippen LogP contribution in [0.1, 0.15) is 88.0 Å². The predicted molar refractivity (Wildman–Crippen MR) is 119 cm³/mol. The molecule has 0 radical (unpaired) electrons. The summed E-state index contributed by atoms with van der Waals surface area (Å²) in [6.07, 6.45) is 13.4. The molecule has 1 aromatic carbocycles. The van der Waals surface area contributed by atoms with Crippen LogP contribution < -0.4 is 4.72 Å². The van der Waals surface area contributed by atoms with Gasteiger partial charge < -0.3 is 4.52 Å². The first-order valence-corrected chi connectivity index (χ1v) is 12.5. The van der Waals surface area contributed by atoms with E-state index in [0.29, 0.717) is 16.2 Å². The van der Waals surface area contributed by atoms with Crippen LogP contribution in [-0.2, 0) is 16.4 Å². The predicted octanol–water partition coefficient (Wildman–Crippen LogP) is 6.56. The number of nitrogens with zero attached hydrogens (tertiary/aromatic N) is 1. The van der Waals surface area contributed by atoms with Crippen molar-refractivity contribution in [2.75, 3.05) is 4.72 Å². The number of benzene rings is 1. The van der Waals surface area contributed by atoms with Gasteiger partial charge in [0.2, 0.25) is 5.88 Å². The molecule has 0 spiro atoms. The molecule has 162 valence electrons. The standard InChI is InChI=1S/C23H36N2O3S/c1-4-5-6-7-8-9-10-11-12-13-16-21-17-14-15-18-22(21)29(26,27)25-23-19(2)20(3)24-28-23/h14-15,17-18,25H,4-13,16H2,1-3H3. The Morgan fingerprint density at radius 2 is 1.48 bits per heavy atom. The van der Waals surface area contributed by atoms with Crippen molar-refractivity contribution in [3.63, 3.8) is 0 Å². The molecule has 0 aliphatic carbocycles. The van der Waals surface area contributed by atoms with Gasteiger partial charge >= 0.3 is 0 Å². The summed E-state index contributed by atoms with van der Waals surface area (Å²) in [6.45, 7) is 5.82. The minimum atomic E-state index is -3.70. The quantitative estimate of drug-likeness (QED) is 0.351. The Labute approximate surface area is 176 Å². The van der Waals surface area contributed by atoms with E-state index in [1.165, 1.54) is 51.4 Å². The molecule has 5 nitrogen and oxygen atoms in total. The van der Waals surface area contributed by atoms with Crippen LogP contribution in [0.5, 0.6) is 0 Å². The van der Waals surface area contributed by atoms with Gasteiger partial charge in [-0.25, -0.2) is 13.1 Å². The molecule has 0 aliphatic heterocycles. The van der Waals surface area contributed by atoms with E-state index in [4.69, 9.17) is 4.52 Å². The van der Waals surface area contributed by atoms with Crippen molar-refractivity contribution in [2.24, 2.45) is 0 Å². The molecular formula is C23H36N2O3S. The van der Waals surface area contributed by atoms with Crippen molar-refractivity contribution in [2.45, 2.75) is 96.3 Å². The highest BCUT2D eigenvalue weighted by molar-refractivity contribution is 7.92. The average Bonchev–Trinajstić information content (AvgIpc) is 3.01. The Bertz CT molecular complexity index is 844. The van der Waals surface area contributed by atoms with E-state index >= 15 is 0 Å². The van der Waals surface area contributed by atoms with Crippen LogP contribution in [0.3, 0.4) is 0 Å². The third-order valence-electron chi connectivity index (χ3n) is 5.45. The maximum absolute atomic E-state index is 12.9. The summed E-state index contributed by atoms with van der Waals surface area (Å²) in [4.78, 5) is 0.323. The smallest absolute Gasteiger partial charge is 0.264 e. The van der Waals surface area contributed by atoms with Crippen molar-refractivity contribution >= 4 is 15.9 Å². The van der Waals surface area contributed by atoms with E-state index in [1.54, 1.807) is 26.0 Å². The van der Waals surface area contributed by atoms with Crippen LogP contribution in [0.25, 0.3) is 0 Å². The zero-order chi connectivity index (χ0) is 21.1. The van der Waals surface area contributed by atoms with Crippen LogP contribution in [0.15, 0.2) is 33.7 Å². The summed E-state index contributed by atoms with van der Waals surface area (Å²) >= 11 is 0. The van der Waals surface area contributed by atoms with Gasteiger partial charge in [-0.1, -0.05) is 88.1 Å². The fourth-order valence-electron chi connectivity index (χ4n) is 3.46. The van der Waals surface area contributed by atoms with Gasteiger partial charge in [-0.15, -0.1) is 0 Å². The fraction of sp³-hybridized carbons (Fsp3) is 0.609. The molecule has 29 heavy (non-hydrogen) atoms. The Kier molecular flexibility index (Phi) is 9.71. The van der Waals surface area contributed by atoms with Gasteiger partial charge in [-0.05, 0) is 38.3 Å². The highest BCUT2D eigenvalue weighted by Crippen LogP contribution is 2.24. The fourth-order valence-corrected chi connectivity index (χ4v) is 4.78. The number of aryl methyl sites for hydroxylation is 2. The number of rotatable bonds is 14. The molecule has 0 saturated heterocycles. The van der Waals surface area contributed by atoms with E-state index in [9.17, 15) is 8.42 Å². The topological polar surface area (TPSA) is 72.2 Å². The lowest BCUT2D eigenvalue weighted by Crippen LogP contribution is -2.15. The summed E-state index contributed by atoms with van der Waals surface area (Å²) < 4.78 is 33.4. The van der Waals surface area contributed by atoms with Gasteiger partial charge in [0.1, 0.15) is 0 Å². The normalized spacial score (nSPS) is 11.7. The third-order valence-corrected chi connectivity index (χ3v) is 6.88. The molecule has 0 amide bonds. The molecule has 0 atom stereocenters. The Hall–Kier alpha value is -1.82. The van der Waals surface area contributed by atoms with Crippen molar-refractivity contribution in [3.05, 3.63) is 41.1 Å². The molecule has 6 heteroatoms. The van der Waals surface area contributed by atoms with E-state index in [-0.39, 0.29) is 5.88 Å². The average molecular weight is 421 g/mol. The second-order valence-corrected chi connectivity index (χ2v) is 9.52. The second-order valence-electron chi connectivity index (χ2n) is 7.87. The van der Waals surface area contributed by atoms with E-state index < -0.39 is 10.0 Å². The summed E-state index contributed by atoms with van der Waals surface area (Å²) in [7, 11) is -3.70. The first-order valence-electron chi connectivity index (χ1n) is 11.0. The molecule has 0 saturated carbocycles. The lowest BCUT2D eigenvalue weighted by atomic mass is 10.0. The van der Waals surface area contributed by atoms with Crippen LogP contribution in [0, 0.1) is 13.8 Å². The van der Waals surface area contributed by atoms with Crippen molar-refractivity contribution in [1.82, 2.24) is 5.16 Å². The molecule has 1 aromatic heterocycles. The molecule has 0 unspecified atom stereocenters. The van der Waals surface area contributed by atoms with Crippen molar-refractivity contribution in [3.8, 4) is 0 Å². The monoisotopic (exact) mass is 420 g/mol. The summed E-state index contributed by atoms with van der Waals surface area (Å²) in [5.41, 5.74) is 2.25.